The molecule has 2 atom stereocenters. The maximum Gasteiger partial charge on any atom is 0.120 e. The largest absolute Gasteiger partial charge is 0.491 e. The van der Waals surface area contributed by atoms with Crippen molar-refractivity contribution >= 4 is 11.6 Å². The first-order valence-corrected chi connectivity index (χ1v) is 7.22. The van der Waals surface area contributed by atoms with Gasteiger partial charge in [-0.25, -0.2) is 0 Å². The van der Waals surface area contributed by atoms with Gasteiger partial charge in [-0.3, -0.25) is 4.98 Å². The van der Waals surface area contributed by atoms with Gasteiger partial charge in [-0.2, -0.15) is 0 Å². The third kappa shape index (κ3) is 5.34. The van der Waals surface area contributed by atoms with E-state index >= 15 is 0 Å². The average Bonchev–Trinajstić information content (AvgIpc) is 2.51. The van der Waals surface area contributed by atoms with Crippen LogP contribution in [0.15, 0.2) is 48.8 Å². The second-order valence-corrected chi connectivity index (χ2v) is 5.27. The minimum Gasteiger partial charge on any atom is -0.491 e. The Morgan fingerprint density at radius 3 is 2.90 bits per heavy atom. The molecule has 0 bridgehead atoms. The van der Waals surface area contributed by atoms with Crippen LogP contribution >= 0.6 is 11.6 Å². The number of aliphatic hydroxyl groups excluding tert-OH is 1. The van der Waals surface area contributed by atoms with Crippen molar-refractivity contribution in [1.82, 2.24) is 10.3 Å². The van der Waals surface area contributed by atoms with Crippen LogP contribution in [0.1, 0.15) is 18.5 Å². The van der Waals surface area contributed by atoms with Gasteiger partial charge in [0.15, 0.2) is 0 Å². The first-order chi connectivity index (χ1) is 10.1. The lowest BCUT2D eigenvalue weighted by atomic mass is 10.1. The van der Waals surface area contributed by atoms with Crippen LogP contribution in [-0.4, -0.2) is 29.3 Å². The molecule has 0 aliphatic carbocycles. The van der Waals surface area contributed by atoms with Gasteiger partial charge in [0.2, 0.25) is 0 Å². The highest BCUT2D eigenvalue weighted by Crippen LogP contribution is 2.17. The SMILES string of the molecule is CC(NCC(O)COc1cccc(Cl)c1)c1cccnc1. The lowest BCUT2D eigenvalue weighted by Crippen LogP contribution is -2.33. The van der Waals surface area contributed by atoms with Gasteiger partial charge in [0.1, 0.15) is 18.5 Å². The van der Waals surface area contributed by atoms with Gasteiger partial charge in [-0.15, -0.1) is 0 Å². The molecule has 2 aromatic rings. The zero-order valence-electron chi connectivity index (χ0n) is 11.9. The van der Waals surface area contributed by atoms with Crippen LogP contribution in [0.5, 0.6) is 5.75 Å². The molecule has 5 heteroatoms. The van der Waals surface area contributed by atoms with E-state index in [1.54, 1.807) is 18.3 Å². The molecule has 0 aliphatic heterocycles. The first-order valence-electron chi connectivity index (χ1n) is 6.85. The van der Waals surface area contributed by atoms with Gasteiger partial charge >= 0.3 is 0 Å². The van der Waals surface area contributed by atoms with E-state index in [-0.39, 0.29) is 12.6 Å². The van der Waals surface area contributed by atoms with Gasteiger partial charge in [0, 0.05) is 30.0 Å². The monoisotopic (exact) mass is 306 g/mol. The van der Waals surface area contributed by atoms with E-state index in [0.29, 0.717) is 17.3 Å². The minimum absolute atomic E-state index is 0.125. The Balaban J connectivity index is 1.73. The Kier molecular flexibility index (Phi) is 5.99. The number of hydrogen-bond donors (Lipinski definition) is 2. The summed E-state index contributed by atoms with van der Waals surface area (Å²) in [6, 6.07) is 11.1. The van der Waals surface area contributed by atoms with E-state index in [9.17, 15) is 5.11 Å². The van der Waals surface area contributed by atoms with E-state index in [1.807, 2.05) is 37.4 Å². The summed E-state index contributed by atoms with van der Waals surface area (Å²) in [5.41, 5.74) is 1.08. The van der Waals surface area contributed by atoms with Gasteiger partial charge in [0.05, 0.1) is 0 Å². The van der Waals surface area contributed by atoms with Crippen molar-refractivity contribution in [1.29, 1.82) is 0 Å². The quantitative estimate of drug-likeness (QED) is 0.826. The first kappa shape index (κ1) is 15.8. The molecule has 1 aromatic carbocycles. The van der Waals surface area contributed by atoms with Crippen LogP contribution in [0.4, 0.5) is 0 Å². The zero-order chi connectivity index (χ0) is 15.1. The van der Waals surface area contributed by atoms with Crippen LogP contribution in [-0.2, 0) is 0 Å². The Hall–Kier alpha value is -1.62. The number of nitrogens with zero attached hydrogens (tertiary/aromatic N) is 1. The molecule has 1 aromatic heterocycles. The summed E-state index contributed by atoms with van der Waals surface area (Å²) in [5.74, 6) is 0.654. The fourth-order valence-corrected chi connectivity index (χ4v) is 2.05. The number of rotatable bonds is 7. The summed E-state index contributed by atoms with van der Waals surface area (Å²) in [5, 5.41) is 13.8. The van der Waals surface area contributed by atoms with E-state index in [2.05, 4.69) is 10.3 Å². The maximum absolute atomic E-state index is 9.94. The molecule has 4 nitrogen and oxygen atoms in total. The van der Waals surface area contributed by atoms with Crippen molar-refractivity contribution in [2.24, 2.45) is 0 Å². The number of ether oxygens (including phenoxy) is 1. The third-order valence-corrected chi connectivity index (χ3v) is 3.32. The van der Waals surface area contributed by atoms with Crippen LogP contribution in [0.2, 0.25) is 5.02 Å². The van der Waals surface area contributed by atoms with Crippen molar-refractivity contribution < 1.29 is 9.84 Å². The molecule has 1 heterocycles. The normalized spacial score (nSPS) is 13.7. The van der Waals surface area contributed by atoms with Crippen LogP contribution in [0, 0.1) is 0 Å². The molecule has 0 amide bonds. The van der Waals surface area contributed by atoms with Crippen molar-refractivity contribution in [3.8, 4) is 5.75 Å². The van der Waals surface area contributed by atoms with E-state index in [4.69, 9.17) is 16.3 Å². The highest BCUT2D eigenvalue weighted by Gasteiger charge is 2.09. The lowest BCUT2D eigenvalue weighted by molar-refractivity contribution is 0.104. The predicted octanol–water partition coefficient (Wildman–Crippen LogP) is 2.83. The number of benzene rings is 1. The molecule has 0 spiro atoms. The van der Waals surface area contributed by atoms with Gasteiger partial charge < -0.3 is 15.2 Å². The number of nitrogens with one attached hydrogen (secondary N) is 1. The van der Waals surface area contributed by atoms with Crippen molar-refractivity contribution in [2.45, 2.75) is 19.1 Å². The van der Waals surface area contributed by atoms with Gasteiger partial charge in [0.25, 0.3) is 0 Å². The predicted molar refractivity (Wildman–Crippen MR) is 83.6 cm³/mol. The molecule has 2 N–H and O–H groups in total. The van der Waals surface area contributed by atoms with Crippen LogP contribution in [0.3, 0.4) is 0 Å². The average molecular weight is 307 g/mol. The highest BCUT2D eigenvalue weighted by atomic mass is 35.5. The molecule has 0 saturated heterocycles. The Bertz CT molecular complexity index is 551. The molecule has 0 saturated carbocycles. The molecule has 2 rings (SSSR count). The molecule has 21 heavy (non-hydrogen) atoms. The summed E-state index contributed by atoms with van der Waals surface area (Å²) in [6.45, 7) is 2.69. The van der Waals surface area contributed by atoms with Crippen LogP contribution in [0.25, 0.3) is 0 Å². The summed E-state index contributed by atoms with van der Waals surface area (Å²) in [6.07, 6.45) is 2.96. The highest BCUT2D eigenvalue weighted by molar-refractivity contribution is 6.30. The van der Waals surface area contributed by atoms with Crippen molar-refractivity contribution in [3.05, 3.63) is 59.4 Å². The summed E-state index contributed by atoms with van der Waals surface area (Å²) in [4.78, 5) is 4.08. The molecule has 0 radical (unpaired) electrons. The van der Waals surface area contributed by atoms with E-state index in [0.717, 1.165) is 5.56 Å². The van der Waals surface area contributed by atoms with E-state index < -0.39 is 6.10 Å². The topological polar surface area (TPSA) is 54.4 Å². The number of aromatic nitrogens is 1. The number of hydrogen-bond acceptors (Lipinski definition) is 4. The second-order valence-electron chi connectivity index (χ2n) is 4.84. The molecule has 112 valence electrons. The van der Waals surface area contributed by atoms with Crippen molar-refractivity contribution in [3.63, 3.8) is 0 Å². The fourth-order valence-electron chi connectivity index (χ4n) is 1.87. The Morgan fingerprint density at radius 1 is 1.33 bits per heavy atom. The summed E-state index contributed by atoms with van der Waals surface area (Å²) < 4.78 is 5.50. The molecule has 0 fully saturated rings. The van der Waals surface area contributed by atoms with Gasteiger partial charge in [-0.1, -0.05) is 23.7 Å². The smallest absolute Gasteiger partial charge is 0.120 e. The summed E-state index contributed by atoms with van der Waals surface area (Å²) in [7, 11) is 0. The Morgan fingerprint density at radius 2 is 2.19 bits per heavy atom. The van der Waals surface area contributed by atoms with Crippen molar-refractivity contribution in [2.75, 3.05) is 13.2 Å². The summed E-state index contributed by atoms with van der Waals surface area (Å²) >= 11 is 5.87. The Labute approximate surface area is 129 Å². The number of aliphatic hydroxyl groups is 1. The molecular formula is C16H19ClN2O2. The maximum atomic E-state index is 9.94. The van der Waals surface area contributed by atoms with Gasteiger partial charge in [-0.05, 0) is 36.8 Å². The number of pyridine rings is 1. The minimum atomic E-state index is -0.594. The molecule has 0 aliphatic rings. The molecular weight excluding hydrogens is 288 g/mol. The number of halogens is 1. The lowest BCUT2D eigenvalue weighted by Gasteiger charge is -2.17. The standard InChI is InChI=1S/C16H19ClN2O2/c1-12(13-4-3-7-18-9-13)19-10-15(20)11-21-16-6-2-5-14(17)8-16/h2-9,12,15,19-20H,10-11H2,1H3. The fraction of sp³-hybridized carbons (Fsp3) is 0.312. The molecule has 2 unspecified atom stereocenters. The van der Waals surface area contributed by atoms with Crippen LogP contribution < -0.4 is 10.1 Å². The zero-order valence-corrected chi connectivity index (χ0v) is 12.6. The third-order valence-electron chi connectivity index (χ3n) is 3.08. The second kappa shape index (κ2) is 7.98. The van der Waals surface area contributed by atoms with E-state index in [1.165, 1.54) is 0 Å².